The molecule has 0 atom stereocenters. The monoisotopic (exact) mass is 322 g/mol. The van der Waals surface area contributed by atoms with E-state index >= 15 is 0 Å². The number of ether oxygens (including phenoxy) is 2. The first-order chi connectivity index (χ1) is 10.6. The summed E-state index contributed by atoms with van der Waals surface area (Å²) in [6, 6.07) is 8.26. The van der Waals surface area contributed by atoms with Crippen molar-refractivity contribution in [2.24, 2.45) is 0 Å². The minimum absolute atomic E-state index is 0.242. The fourth-order valence-corrected chi connectivity index (χ4v) is 2.01. The lowest BCUT2D eigenvalue weighted by molar-refractivity contribution is 0.0513. The molecule has 0 aliphatic heterocycles. The molecule has 0 aliphatic rings. The standard InChI is InChI=1S/C18H30N2O3/c1-17(2,3)23-16(21)19-13-18(4,5)20-11-14-8-7-9-15(10-14)12-22-6/h7-10,20H,11-13H2,1-6H3,(H,19,21). The van der Waals surface area contributed by atoms with E-state index in [-0.39, 0.29) is 5.54 Å². The molecule has 0 fully saturated rings. The molecule has 0 aliphatic carbocycles. The molecule has 1 aromatic rings. The quantitative estimate of drug-likeness (QED) is 0.809. The third kappa shape index (κ3) is 8.57. The van der Waals surface area contributed by atoms with E-state index in [4.69, 9.17) is 9.47 Å². The number of amides is 1. The van der Waals surface area contributed by atoms with Crippen molar-refractivity contribution in [3.63, 3.8) is 0 Å². The van der Waals surface area contributed by atoms with Crippen LogP contribution in [0.3, 0.4) is 0 Å². The molecule has 0 unspecified atom stereocenters. The molecule has 130 valence electrons. The number of carbonyl (C=O) groups is 1. The largest absolute Gasteiger partial charge is 0.444 e. The summed E-state index contributed by atoms with van der Waals surface area (Å²) in [6.07, 6.45) is -0.394. The highest BCUT2D eigenvalue weighted by Crippen LogP contribution is 2.10. The van der Waals surface area contributed by atoms with E-state index in [1.54, 1.807) is 7.11 Å². The molecule has 0 spiro atoms. The van der Waals surface area contributed by atoms with Crippen LogP contribution in [0.2, 0.25) is 0 Å². The van der Waals surface area contributed by atoms with Crippen molar-refractivity contribution in [3.8, 4) is 0 Å². The van der Waals surface area contributed by atoms with Crippen LogP contribution in [-0.2, 0) is 22.6 Å². The van der Waals surface area contributed by atoms with Gasteiger partial charge in [0.1, 0.15) is 5.60 Å². The van der Waals surface area contributed by atoms with Gasteiger partial charge in [0.25, 0.3) is 0 Å². The highest BCUT2D eigenvalue weighted by atomic mass is 16.6. The van der Waals surface area contributed by atoms with Crippen molar-refractivity contribution in [2.45, 2.75) is 58.9 Å². The van der Waals surface area contributed by atoms with E-state index in [1.807, 2.05) is 46.8 Å². The van der Waals surface area contributed by atoms with Crippen molar-refractivity contribution in [3.05, 3.63) is 35.4 Å². The second-order valence-corrected chi connectivity index (χ2v) is 7.35. The summed E-state index contributed by atoms with van der Waals surface area (Å²) in [5.41, 5.74) is 1.61. The van der Waals surface area contributed by atoms with Crippen molar-refractivity contribution < 1.29 is 14.3 Å². The van der Waals surface area contributed by atoms with Gasteiger partial charge in [0, 0.05) is 25.7 Å². The van der Waals surface area contributed by atoms with Gasteiger partial charge in [-0.3, -0.25) is 0 Å². The van der Waals surface area contributed by atoms with Gasteiger partial charge in [-0.2, -0.15) is 0 Å². The van der Waals surface area contributed by atoms with Gasteiger partial charge in [0.2, 0.25) is 0 Å². The average Bonchev–Trinajstić information content (AvgIpc) is 2.42. The molecular weight excluding hydrogens is 292 g/mol. The smallest absolute Gasteiger partial charge is 0.407 e. The first-order valence-electron chi connectivity index (χ1n) is 7.90. The Hall–Kier alpha value is -1.59. The molecule has 0 radical (unpaired) electrons. The normalized spacial score (nSPS) is 12.1. The summed E-state index contributed by atoms with van der Waals surface area (Å²) in [5, 5.41) is 6.26. The number of carbonyl (C=O) groups excluding carboxylic acids is 1. The van der Waals surface area contributed by atoms with Crippen molar-refractivity contribution in [1.82, 2.24) is 10.6 Å². The maximum absolute atomic E-state index is 11.7. The maximum atomic E-state index is 11.7. The summed E-state index contributed by atoms with van der Waals surface area (Å²) in [5.74, 6) is 0. The first kappa shape index (κ1) is 19.5. The molecule has 1 rings (SSSR count). The Morgan fingerprint density at radius 1 is 1.13 bits per heavy atom. The van der Waals surface area contributed by atoms with E-state index in [9.17, 15) is 4.79 Å². The van der Waals surface area contributed by atoms with E-state index in [2.05, 4.69) is 22.8 Å². The Morgan fingerprint density at radius 2 is 1.78 bits per heavy atom. The van der Waals surface area contributed by atoms with Gasteiger partial charge in [0.05, 0.1) is 6.61 Å². The lowest BCUT2D eigenvalue weighted by atomic mass is 10.0. The summed E-state index contributed by atoms with van der Waals surface area (Å²) in [7, 11) is 1.69. The van der Waals surface area contributed by atoms with Crippen molar-refractivity contribution in [1.29, 1.82) is 0 Å². The van der Waals surface area contributed by atoms with Crippen molar-refractivity contribution >= 4 is 6.09 Å². The third-order valence-corrected chi connectivity index (χ3v) is 3.15. The number of hydrogen-bond acceptors (Lipinski definition) is 4. The Balaban J connectivity index is 2.46. The molecule has 5 nitrogen and oxygen atoms in total. The van der Waals surface area contributed by atoms with Gasteiger partial charge < -0.3 is 20.1 Å². The van der Waals surface area contributed by atoms with Gasteiger partial charge in [-0.25, -0.2) is 4.79 Å². The average molecular weight is 322 g/mol. The lowest BCUT2D eigenvalue weighted by Gasteiger charge is -2.28. The molecule has 0 saturated heterocycles. The van der Waals surface area contributed by atoms with E-state index in [0.29, 0.717) is 13.2 Å². The minimum atomic E-state index is -0.483. The minimum Gasteiger partial charge on any atom is -0.444 e. The molecule has 2 N–H and O–H groups in total. The summed E-state index contributed by atoms with van der Waals surface area (Å²) in [6.45, 7) is 11.5. The predicted octanol–water partition coefficient (Wildman–Crippen LogP) is 3.23. The van der Waals surface area contributed by atoms with Crippen LogP contribution >= 0.6 is 0 Å². The number of rotatable bonds is 7. The van der Waals surface area contributed by atoms with Crippen LogP contribution in [0, 0.1) is 0 Å². The molecular formula is C18H30N2O3. The zero-order chi connectivity index (χ0) is 17.5. The second kappa shape index (κ2) is 8.31. The van der Waals surface area contributed by atoms with E-state index < -0.39 is 11.7 Å². The number of alkyl carbamates (subject to hydrolysis) is 1. The Kier molecular flexibility index (Phi) is 7.03. The molecule has 1 amide bonds. The molecule has 0 heterocycles. The van der Waals surface area contributed by atoms with Crippen LogP contribution in [0.4, 0.5) is 4.79 Å². The predicted molar refractivity (Wildman–Crippen MR) is 92.3 cm³/mol. The Morgan fingerprint density at radius 3 is 2.39 bits per heavy atom. The highest BCUT2D eigenvalue weighted by Gasteiger charge is 2.21. The van der Waals surface area contributed by atoms with E-state index in [0.717, 1.165) is 12.1 Å². The van der Waals surface area contributed by atoms with Crippen LogP contribution in [0.5, 0.6) is 0 Å². The van der Waals surface area contributed by atoms with Gasteiger partial charge in [-0.15, -0.1) is 0 Å². The zero-order valence-corrected chi connectivity index (χ0v) is 15.2. The summed E-state index contributed by atoms with van der Waals surface area (Å²) in [4.78, 5) is 11.7. The van der Waals surface area contributed by atoms with Crippen LogP contribution in [0.25, 0.3) is 0 Å². The molecule has 5 heteroatoms. The highest BCUT2D eigenvalue weighted by molar-refractivity contribution is 5.67. The van der Waals surface area contributed by atoms with Gasteiger partial charge >= 0.3 is 6.09 Å². The fourth-order valence-electron chi connectivity index (χ4n) is 2.01. The topological polar surface area (TPSA) is 59.6 Å². The van der Waals surface area contributed by atoms with Gasteiger partial charge in [0.15, 0.2) is 0 Å². The Bertz CT molecular complexity index is 507. The van der Waals surface area contributed by atoms with Crippen molar-refractivity contribution in [2.75, 3.05) is 13.7 Å². The number of benzene rings is 1. The van der Waals surface area contributed by atoms with Crippen LogP contribution in [0.15, 0.2) is 24.3 Å². The second-order valence-electron chi connectivity index (χ2n) is 7.35. The molecule has 0 bridgehead atoms. The molecule has 23 heavy (non-hydrogen) atoms. The molecule has 0 saturated carbocycles. The Labute approximate surface area is 139 Å². The third-order valence-electron chi connectivity index (χ3n) is 3.15. The first-order valence-corrected chi connectivity index (χ1v) is 7.90. The van der Waals surface area contributed by atoms with Crippen LogP contribution in [0.1, 0.15) is 45.7 Å². The lowest BCUT2D eigenvalue weighted by Crippen LogP contribution is -2.49. The number of hydrogen-bond donors (Lipinski definition) is 2. The van der Waals surface area contributed by atoms with E-state index in [1.165, 1.54) is 5.56 Å². The van der Waals surface area contributed by atoms with Crippen LogP contribution in [-0.4, -0.2) is 30.9 Å². The summed E-state index contributed by atoms with van der Waals surface area (Å²) < 4.78 is 10.4. The van der Waals surface area contributed by atoms with Gasteiger partial charge in [-0.05, 0) is 45.7 Å². The molecule has 1 aromatic carbocycles. The zero-order valence-electron chi connectivity index (χ0n) is 15.2. The molecule has 0 aromatic heterocycles. The fraction of sp³-hybridized carbons (Fsp3) is 0.611. The van der Waals surface area contributed by atoms with Gasteiger partial charge in [-0.1, -0.05) is 24.3 Å². The number of nitrogens with one attached hydrogen (secondary N) is 2. The maximum Gasteiger partial charge on any atom is 0.407 e. The summed E-state index contributed by atoms with van der Waals surface area (Å²) >= 11 is 0. The SMILES string of the molecule is COCc1cccc(CNC(C)(C)CNC(=O)OC(C)(C)C)c1. The van der Waals surface area contributed by atoms with Crippen LogP contribution < -0.4 is 10.6 Å². The number of methoxy groups -OCH3 is 1.